The van der Waals surface area contributed by atoms with Crippen LogP contribution in [0.2, 0.25) is 0 Å². The molecule has 0 radical (unpaired) electrons. The Labute approximate surface area is 326 Å². The van der Waals surface area contributed by atoms with Gasteiger partial charge in [-0.05, 0) is 64.2 Å². The molecule has 0 aliphatic carbocycles. The molecule has 308 valence electrons. The predicted octanol–water partition coefficient (Wildman–Crippen LogP) is 10.8. The third kappa shape index (κ3) is 37.5. The minimum Gasteiger partial charge on any atom is -0.480 e. The molecular weight excluding hydrogens is 705 g/mol. The van der Waals surface area contributed by atoms with E-state index < -0.39 is 45.1 Å². The molecule has 0 bridgehead atoms. The minimum atomic E-state index is -4.63. The number of hydrogen-bond donors (Lipinski definition) is 3. The number of nitrogens with two attached hydrogens (primary N) is 1. The van der Waals surface area contributed by atoms with Crippen molar-refractivity contribution in [1.82, 2.24) is 0 Å². The summed E-state index contributed by atoms with van der Waals surface area (Å²) in [6, 6.07) is -1.48. The molecule has 0 saturated carbocycles. The molecule has 10 nitrogen and oxygen atoms in total. The van der Waals surface area contributed by atoms with Gasteiger partial charge >= 0.3 is 19.8 Å². The summed E-state index contributed by atoms with van der Waals surface area (Å²) in [4.78, 5) is 33.4. The second-order valence-corrected chi connectivity index (χ2v) is 14.5. The number of aliphatic carboxylic acids is 1. The fourth-order valence-corrected chi connectivity index (χ4v) is 5.60. The van der Waals surface area contributed by atoms with Gasteiger partial charge in [0.25, 0.3) is 0 Å². The predicted molar refractivity (Wildman–Crippen MR) is 221 cm³/mol. The summed E-state index contributed by atoms with van der Waals surface area (Å²) in [6.45, 7) is 3.64. The van der Waals surface area contributed by atoms with Crippen molar-refractivity contribution in [3.05, 3.63) is 85.1 Å². The molecule has 0 amide bonds. The summed E-state index contributed by atoms with van der Waals surface area (Å²) >= 11 is 0. The zero-order chi connectivity index (χ0) is 39.8. The number of ether oxygens (including phenoxy) is 2. The number of unbranched alkanes of at least 4 members (excludes halogenated alkanes) is 9. The van der Waals surface area contributed by atoms with Crippen LogP contribution in [0.15, 0.2) is 85.1 Å². The highest BCUT2D eigenvalue weighted by atomic mass is 31.2. The first kappa shape index (κ1) is 51.1. The van der Waals surface area contributed by atoms with Crippen molar-refractivity contribution in [3.8, 4) is 0 Å². The minimum absolute atomic E-state index is 0.0107. The maximum atomic E-state index is 12.6. The number of phosphoric acid groups is 1. The van der Waals surface area contributed by atoms with Gasteiger partial charge < -0.3 is 25.2 Å². The topological polar surface area (TPSA) is 155 Å². The number of carbonyl (C=O) groups is 2. The van der Waals surface area contributed by atoms with E-state index >= 15 is 0 Å². The molecule has 0 aliphatic rings. The van der Waals surface area contributed by atoms with E-state index in [-0.39, 0.29) is 13.0 Å². The van der Waals surface area contributed by atoms with E-state index in [2.05, 4.69) is 97.4 Å². The lowest BCUT2D eigenvalue weighted by Gasteiger charge is -2.20. The van der Waals surface area contributed by atoms with Crippen LogP contribution in [0.5, 0.6) is 0 Å². The monoisotopic (exact) mass is 777 g/mol. The lowest BCUT2D eigenvalue weighted by atomic mass is 10.1. The van der Waals surface area contributed by atoms with Crippen molar-refractivity contribution in [2.75, 3.05) is 26.4 Å². The maximum absolute atomic E-state index is 12.6. The van der Waals surface area contributed by atoms with E-state index in [4.69, 9.17) is 24.8 Å². The normalized spacial score (nSPS) is 14.9. The van der Waals surface area contributed by atoms with Crippen molar-refractivity contribution < 1.29 is 42.7 Å². The molecule has 54 heavy (non-hydrogen) atoms. The van der Waals surface area contributed by atoms with Gasteiger partial charge in [-0.2, -0.15) is 0 Å². The van der Waals surface area contributed by atoms with Crippen LogP contribution in [0.25, 0.3) is 0 Å². The van der Waals surface area contributed by atoms with Crippen LogP contribution in [-0.2, 0) is 32.7 Å². The summed E-state index contributed by atoms with van der Waals surface area (Å²) in [5, 5.41) is 8.86. The quantitative estimate of drug-likeness (QED) is 0.0240. The Hall–Kier alpha value is -2.85. The van der Waals surface area contributed by atoms with Gasteiger partial charge in [-0.25, -0.2) is 4.57 Å². The number of carbonyl (C=O) groups excluding carboxylic acids is 1. The Kier molecular flexibility index (Phi) is 36.4. The van der Waals surface area contributed by atoms with E-state index in [1.54, 1.807) is 0 Å². The fraction of sp³-hybridized carbons (Fsp3) is 0.628. The van der Waals surface area contributed by atoms with Crippen molar-refractivity contribution in [1.29, 1.82) is 0 Å². The van der Waals surface area contributed by atoms with E-state index in [1.165, 1.54) is 38.5 Å². The van der Waals surface area contributed by atoms with Gasteiger partial charge in [0, 0.05) is 13.0 Å². The smallest absolute Gasteiger partial charge is 0.472 e. The molecule has 0 heterocycles. The van der Waals surface area contributed by atoms with Crippen molar-refractivity contribution in [3.63, 3.8) is 0 Å². The first-order valence-electron chi connectivity index (χ1n) is 20.1. The fourth-order valence-electron chi connectivity index (χ4n) is 4.83. The van der Waals surface area contributed by atoms with Gasteiger partial charge in [0.1, 0.15) is 12.1 Å². The largest absolute Gasteiger partial charge is 0.480 e. The van der Waals surface area contributed by atoms with Crippen LogP contribution < -0.4 is 5.73 Å². The van der Waals surface area contributed by atoms with Gasteiger partial charge in [-0.3, -0.25) is 18.6 Å². The van der Waals surface area contributed by atoms with Gasteiger partial charge in [-0.15, -0.1) is 0 Å². The number of phosphoric ester groups is 1. The second kappa shape index (κ2) is 38.4. The first-order chi connectivity index (χ1) is 26.2. The maximum Gasteiger partial charge on any atom is 0.472 e. The van der Waals surface area contributed by atoms with E-state index in [0.29, 0.717) is 19.4 Å². The molecule has 0 saturated heterocycles. The molecule has 0 aromatic rings. The van der Waals surface area contributed by atoms with Gasteiger partial charge in [0.05, 0.1) is 19.8 Å². The third-order valence-corrected chi connectivity index (χ3v) is 8.89. The molecule has 0 rings (SSSR count). The Morgan fingerprint density at radius 3 is 1.54 bits per heavy atom. The average Bonchev–Trinajstić information content (AvgIpc) is 3.15. The lowest BCUT2D eigenvalue weighted by Crippen LogP contribution is -2.34. The Balaban J connectivity index is 4.35. The summed E-state index contributed by atoms with van der Waals surface area (Å²) in [5.74, 6) is -1.85. The second-order valence-electron chi connectivity index (χ2n) is 13.0. The molecule has 0 spiro atoms. The highest BCUT2D eigenvalue weighted by Gasteiger charge is 2.27. The third-order valence-electron chi connectivity index (χ3n) is 7.94. The molecule has 0 fully saturated rings. The van der Waals surface area contributed by atoms with Crippen molar-refractivity contribution in [2.45, 2.75) is 148 Å². The standard InChI is InChI=1S/C43H72NO9P/c1-3-5-7-9-11-13-14-15-16-17-18-19-20-21-22-23-24-25-26-27-29-31-33-35-42(45)53-40(38-51-54(48,49)52-39-41(44)43(46)47)37-50-36-34-32-30-28-12-10-8-6-4-2/h5,7,11,13,15-16,18-19,21-22,24-25,27,29,40-41H,3-4,6,8-10,12,14,17,20,23,26,28,30-39,44H2,1-2H3,(H,46,47)(H,48,49)/b7-5-,13-11-,16-15-,19-18-,22-21-,25-24-,29-27-. The highest BCUT2D eigenvalue weighted by molar-refractivity contribution is 7.47. The zero-order valence-electron chi connectivity index (χ0n) is 33.3. The summed E-state index contributed by atoms with van der Waals surface area (Å²) in [5.41, 5.74) is 5.33. The van der Waals surface area contributed by atoms with Crippen molar-refractivity contribution in [2.24, 2.45) is 5.73 Å². The first-order valence-corrected chi connectivity index (χ1v) is 21.6. The Bertz CT molecular complexity index is 1180. The van der Waals surface area contributed by atoms with Gasteiger partial charge in [0.2, 0.25) is 0 Å². The summed E-state index contributed by atoms with van der Waals surface area (Å²) < 4.78 is 33.1. The van der Waals surface area contributed by atoms with Gasteiger partial charge in [-0.1, -0.05) is 150 Å². The molecule has 0 aliphatic heterocycles. The average molecular weight is 778 g/mol. The van der Waals surface area contributed by atoms with Crippen LogP contribution in [0, 0.1) is 0 Å². The molecule has 0 aromatic carbocycles. The molecule has 3 atom stereocenters. The van der Waals surface area contributed by atoms with Crippen LogP contribution in [0.1, 0.15) is 136 Å². The number of hydrogen-bond acceptors (Lipinski definition) is 8. The van der Waals surface area contributed by atoms with Crippen LogP contribution in [0.4, 0.5) is 0 Å². The molecule has 11 heteroatoms. The van der Waals surface area contributed by atoms with Crippen molar-refractivity contribution >= 4 is 19.8 Å². The van der Waals surface area contributed by atoms with E-state index in [9.17, 15) is 19.0 Å². The number of allylic oxidation sites excluding steroid dienone is 14. The van der Waals surface area contributed by atoms with Gasteiger partial charge in [0.15, 0.2) is 0 Å². The molecule has 0 aromatic heterocycles. The molecule has 4 N–H and O–H groups in total. The number of carboxylic acid groups (broad SMARTS) is 1. The van der Waals surface area contributed by atoms with Crippen LogP contribution in [-0.4, -0.2) is 60.5 Å². The molecule has 3 unspecified atom stereocenters. The van der Waals surface area contributed by atoms with E-state index in [1.807, 2.05) is 6.08 Å². The Morgan fingerprint density at radius 1 is 0.611 bits per heavy atom. The van der Waals surface area contributed by atoms with Crippen LogP contribution in [0.3, 0.4) is 0 Å². The SMILES string of the molecule is CC/C=C\C/C=C\C/C=C\C/C=C\C/C=C\C/C=C\C/C=C\CCCC(=O)OC(COCCCCCCCCCCC)COP(=O)(O)OCC(N)C(=O)O. The summed E-state index contributed by atoms with van der Waals surface area (Å²) in [7, 11) is -4.63. The number of esters is 1. The highest BCUT2D eigenvalue weighted by Crippen LogP contribution is 2.43. The van der Waals surface area contributed by atoms with Crippen LogP contribution >= 0.6 is 7.82 Å². The summed E-state index contributed by atoms with van der Waals surface area (Å²) in [6.07, 6.45) is 48.0. The molecular formula is C43H72NO9P. The number of carboxylic acids is 1. The van der Waals surface area contributed by atoms with E-state index in [0.717, 1.165) is 64.2 Å². The lowest BCUT2D eigenvalue weighted by molar-refractivity contribution is -0.154. The Morgan fingerprint density at radius 2 is 1.06 bits per heavy atom. The zero-order valence-corrected chi connectivity index (χ0v) is 34.2. The number of rotatable bonds is 37.